The van der Waals surface area contributed by atoms with Crippen LogP contribution in [0, 0.1) is 5.92 Å². The third-order valence-corrected chi connectivity index (χ3v) is 2.50. The van der Waals surface area contributed by atoms with Gasteiger partial charge in [-0.2, -0.15) is 0 Å². The van der Waals surface area contributed by atoms with Gasteiger partial charge in [0, 0.05) is 6.42 Å². The number of rotatable bonds is 1. The third-order valence-electron chi connectivity index (χ3n) is 2.50. The number of carbonyl (C=O) groups excluding carboxylic acids is 1. The highest BCUT2D eigenvalue weighted by molar-refractivity contribution is 5.73. The van der Waals surface area contributed by atoms with Gasteiger partial charge in [-0.1, -0.05) is 0 Å². The lowest BCUT2D eigenvalue weighted by Crippen LogP contribution is -2.33. The zero-order valence-corrected chi connectivity index (χ0v) is 7.20. The van der Waals surface area contributed by atoms with Crippen LogP contribution in [-0.2, 0) is 19.0 Å². The minimum absolute atomic E-state index is 0.0950. The Hall–Kier alpha value is -0.610. The molecule has 0 aromatic heterocycles. The van der Waals surface area contributed by atoms with E-state index in [0.717, 1.165) is 0 Å². The second-order valence-corrected chi connectivity index (χ2v) is 3.43. The van der Waals surface area contributed by atoms with E-state index in [1.165, 1.54) is 7.11 Å². The molecule has 0 saturated carbocycles. The molecule has 2 aliphatic heterocycles. The Morgan fingerprint density at radius 2 is 2.42 bits per heavy atom. The Kier molecular flexibility index (Phi) is 1.63. The Balaban J connectivity index is 2.09. The van der Waals surface area contributed by atoms with Gasteiger partial charge < -0.3 is 14.2 Å². The molecule has 0 spiro atoms. The van der Waals surface area contributed by atoms with Gasteiger partial charge >= 0.3 is 5.97 Å². The van der Waals surface area contributed by atoms with E-state index < -0.39 is 5.79 Å². The standard InChI is InChI=1S/C8H12O4/c1-8-3-5(7(9)10-2)6(12-8)4-11-8/h5-6H,3-4H2,1-2H3/t5-,6-,8-/m0/s1. The Labute approximate surface area is 70.8 Å². The maximum Gasteiger partial charge on any atom is 0.311 e. The van der Waals surface area contributed by atoms with Crippen LogP contribution in [0.15, 0.2) is 0 Å². The first-order chi connectivity index (χ1) is 5.64. The van der Waals surface area contributed by atoms with E-state index in [9.17, 15) is 4.79 Å². The molecule has 2 saturated heterocycles. The number of ether oxygens (including phenoxy) is 3. The summed E-state index contributed by atoms with van der Waals surface area (Å²) in [6.45, 7) is 2.37. The monoisotopic (exact) mass is 172 g/mol. The first-order valence-corrected chi connectivity index (χ1v) is 4.04. The lowest BCUT2D eigenvalue weighted by atomic mass is 9.96. The molecule has 3 atom stereocenters. The molecule has 2 rings (SSSR count). The van der Waals surface area contributed by atoms with E-state index in [0.29, 0.717) is 13.0 Å². The molecule has 0 aromatic rings. The molecule has 2 heterocycles. The first-order valence-electron chi connectivity index (χ1n) is 4.04. The number of methoxy groups -OCH3 is 1. The van der Waals surface area contributed by atoms with Gasteiger partial charge in [-0.15, -0.1) is 0 Å². The van der Waals surface area contributed by atoms with Gasteiger partial charge in [0.25, 0.3) is 0 Å². The number of esters is 1. The Bertz CT molecular complexity index is 215. The van der Waals surface area contributed by atoms with E-state index in [-0.39, 0.29) is 18.0 Å². The third kappa shape index (κ3) is 1.03. The van der Waals surface area contributed by atoms with Crippen molar-refractivity contribution >= 4 is 5.97 Å². The van der Waals surface area contributed by atoms with Crippen molar-refractivity contribution in [2.45, 2.75) is 25.2 Å². The maximum absolute atomic E-state index is 11.2. The summed E-state index contributed by atoms with van der Waals surface area (Å²) in [5.74, 6) is -0.857. The topological polar surface area (TPSA) is 44.8 Å². The molecular formula is C8H12O4. The quantitative estimate of drug-likeness (QED) is 0.534. The van der Waals surface area contributed by atoms with Crippen LogP contribution in [0.25, 0.3) is 0 Å². The van der Waals surface area contributed by atoms with Crippen molar-refractivity contribution in [3.63, 3.8) is 0 Å². The summed E-state index contributed by atoms with van der Waals surface area (Å²) < 4.78 is 15.5. The van der Waals surface area contributed by atoms with Crippen molar-refractivity contribution in [3.05, 3.63) is 0 Å². The maximum atomic E-state index is 11.2. The van der Waals surface area contributed by atoms with Crippen molar-refractivity contribution in [2.24, 2.45) is 5.92 Å². The first kappa shape index (κ1) is 8.01. The highest BCUT2D eigenvalue weighted by Crippen LogP contribution is 2.42. The predicted octanol–water partition coefficient (Wildman–Crippen LogP) is 0.311. The SMILES string of the molecule is COC(=O)[C@H]1C[C@@]2(C)OC[C@@H]1O2. The second kappa shape index (κ2) is 2.44. The molecule has 0 N–H and O–H groups in total. The van der Waals surface area contributed by atoms with Crippen molar-refractivity contribution in [1.29, 1.82) is 0 Å². The fourth-order valence-electron chi connectivity index (χ4n) is 1.87. The van der Waals surface area contributed by atoms with Gasteiger partial charge in [0.05, 0.1) is 25.7 Å². The zero-order chi connectivity index (χ0) is 8.77. The summed E-state index contributed by atoms with van der Waals surface area (Å²) in [6, 6.07) is 0. The molecule has 2 bridgehead atoms. The molecule has 68 valence electrons. The van der Waals surface area contributed by atoms with Crippen molar-refractivity contribution in [1.82, 2.24) is 0 Å². The molecule has 0 aliphatic carbocycles. The van der Waals surface area contributed by atoms with Crippen LogP contribution in [0.1, 0.15) is 13.3 Å². The number of carbonyl (C=O) groups is 1. The number of hydrogen-bond acceptors (Lipinski definition) is 4. The minimum Gasteiger partial charge on any atom is -0.469 e. The highest BCUT2D eigenvalue weighted by Gasteiger charge is 2.53. The van der Waals surface area contributed by atoms with Crippen LogP contribution in [-0.4, -0.2) is 31.6 Å². The van der Waals surface area contributed by atoms with Gasteiger partial charge in [0.2, 0.25) is 0 Å². The smallest absolute Gasteiger partial charge is 0.311 e. The summed E-state index contributed by atoms with van der Waals surface area (Å²) in [7, 11) is 1.40. The molecule has 0 radical (unpaired) electrons. The minimum atomic E-state index is -0.538. The average Bonchev–Trinajstić information content (AvgIpc) is 2.57. The summed E-state index contributed by atoms with van der Waals surface area (Å²) in [5, 5.41) is 0. The van der Waals surface area contributed by atoms with Crippen LogP contribution in [0.5, 0.6) is 0 Å². The lowest BCUT2D eigenvalue weighted by molar-refractivity contribution is -0.150. The van der Waals surface area contributed by atoms with E-state index >= 15 is 0 Å². The van der Waals surface area contributed by atoms with E-state index in [4.69, 9.17) is 9.47 Å². The number of fused-ring (bicyclic) bond motifs is 2. The van der Waals surface area contributed by atoms with Crippen LogP contribution < -0.4 is 0 Å². The van der Waals surface area contributed by atoms with Crippen LogP contribution >= 0.6 is 0 Å². The summed E-state index contributed by atoms with van der Waals surface area (Å²) in [6.07, 6.45) is 0.520. The van der Waals surface area contributed by atoms with Gasteiger partial charge in [-0.3, -0.25) is 4.79 Å². The van der Waals surface area contributed by atoms with E-state index in [2.05, 4.69) is 4.74 Å². The van der Waals surface area contributed by atoms with Gasteiger partial charge in [0.1, 0.15) is 0 Å². The molecule has 0 unspecified atom stereocenters. The second-order valence-electron chi connectivity index (χ2n) is 3.43. The fraction of sp³-hybridized carbons (Fsp3) is 0.875. The molecule has 0 aromatic carbocycles. The lowest BCUT2D eigenvalue weighted by Gasteiger charge is -2.21. The average molecular weight is 172 g/mol. The normalized spacial score (nSPS) is 44.8. The number of hydrogen-bond donors (Lipinski definition) is 0. The molecule has 12 heavy (non-hydrogen) atoms. The largest absolute Gasteiger partial charge is 0.469 e. The van der Waals surface area contributed by atoms with Gasteiger partial charge in [-0.25, -0.2) is 0 Å². The Morgan fingerprint density at radius 1 is 1.67 bits per heavy atom. The summed E-state index contributed by atoms with van der Waals surface area (Å²) in [5.41, 5.74) is 0. The molecule has 2 aliphatic rings. The summed E-state index contributed by atoms with van der Waals surface area (Å²) in [4.78, 5) is 11.2. The van der Waals surface area contributed by atoms with Crippen LogP contribution in [0.2, 0.25) is 0 Å². The highest BCUT2D eigenvalue weighted by atomic mass is 16.8. The molecule has 4 nitrogen and oxygen atoms in total. The van der Waals surface area contributed by atoms with E-state index in [1.807, 2.05) is 6.92 Å². The van der Waals surface area contributed by atoms with Gasteiger partial charge in [-0.05, 0) is 6.92 Å². The molecular weight excluding hydrogens is 160 g/mol. The Morgan fingerprint density at radius 3 is 2.83 bits per heavy atom. The van der Waals surface area contributed by atoms with Crippen molar-refractivity contribution in [2.75, 3.05) is 13.7 Å². The van der Waals surface area contributed by atoms with Crippen LogP contribution in [0.3, 0.4) is 0 Å². The molecule has 0 amide bonds. The van der Waals surface area contributed by atoms with Crippen LogP contribution in [0.4, 0.5) is 0 Å². The summed E-state index contributed by atoms with van der Waals surface area (Å²) >= 11 is 0. The van der Waals surface area contributed by atoms with E-state index in [1.54, 1.807) is 0 Å². The van der Waals surface area contributed by atoms with Crippen molar-refractivity contribution in [3.8, 4) is 0 Å². The zero-order valence-electron chi connectivity index (χ0n) is 7.20. The predicted molar refractivity (Wildman–Crippen MR) is 39.4 cm³/mol. The molecule has 4 heteroatoms. The van der Waals surface area contributed by atoms with Gasteiger partial charge in [0.15, 0.2) is 5.79 Å². The van der Waals surface area contributed by atoms with Crippen molar-refractivity contribution < 1.29 is 19.0 Å². The molecule has 2 fully saturated rings. The fourth-order valence-corrected chi connectivity index (χ4v) is 1.87.